The van der Waals surface area contributed by atoms with Crippen molar-refractivity contribution in [3.05, 3.63) is 49.6 Å². The normalized spacial score (nSPS) is 28.0. The lowest BCUT2D eigenvalue weighted by Crippen LogP contribution is -2.60. The molecule has 3 aliphatic heterocycles. The van der Waals surface area contributed by atoms with Gasteiger partial charge in [0.1, 0.15) is 11.6 Å². The van der Waals surface area contributed by atoms with Gasteiger partial charge in [-0.3, -0.25) is 14.4 Å². The maximum Gasteiger partial charge on any atom is 0.312 e. The second-order valence-electron chi connectivity index (χ2n) is 12.4. The first-order chi connectivity index (χ1) is 21.6. The summed E-state index contributed by atoms with van der Waals surface area (Å²) in [5, 5.41) is 10.6. The van der Waals surface area contributed by atoms with Crippen molar-refractivity contribution < 1.29 is 29.0 Å². The molecule has 45 heavy (non-hydrogen) atoms. The van der Waals surface area contributed by atoms with E-state index in [0.29, 0.717) is 24.9 Å². The summed E-state index contributed by atoms with van der Waals surface area (Å²) in [4.78, 5) is 48.3. The SMILES string of the molecule is C=CCCCCOC(=O)[C@H]1[C@H]2C(=O)N([C@@H](CO)[C@@H](C)CC)C(C(=O)N(CC=C)c3ccc(N(CC)CC)cc3)C23CC(Br)[C@@H]1O3. The molecule has 3 unspecified atom stereocenters. The van der Waals surface area contributed by atoms with E-state index >= 15 is 0 Å². The number of likely N-dealkylation sites (tertiary alicyclic amines) is 1. The molecular formula is C35H50BrN3O6. The highest BCUT2D eigenvalue weighted by molar-refractivity contribution is 9.09. The van der Waals surface area contributed by atoms with Gasteiger partial charge in [0.05, 0.1) is 37.2 Å². The number of fused-ring (bicyclic) bond motifs is 1. The largest absolute Gasteiger partial charge is 0.465 e. The fourth-order valence-corrected chi connectivity index (χ4v) is 8.42. The molecule has 3 fully saturated rings. The number of hydrogen-bond acceptors (Lipinski definition) is 7. The minimum Gasteiger partial charge on any atom is -0.465 e. The number of halogens is 1. The molecule has 3 aliphatic rings. The summed E-state index contributed by atoms with van der Waals surface area (Å²) in [6, 6.07) is 6.14. The second kappa shape index (κ2) is 15.3. The Labute approximate surface area is 276 Å². The van der Waals surface area contributed by atoms with Gasteiger partial charge < -0.3 is 29.3 Å². The number of nitrogens with zero attached hydrogens (tertiary/aromatic N) is 3. The van der Waals surface area contributed by atoms with E-state index in [4.69, 9.17) is 9.47 Å². The molecular weight excluding hydrogens is 638 g/mol. The molecule has 1 aromatic carbocycles. The van der Waals surface area contributed by atoms with E-state index in [2.05, 4.69) is 47.8 Å². The van der Waals surface area contributed by atoms with Crippen LogP contribution in [0, 0.1) is 17.8 Å². The number of esters is 1. The van der Waals surface area contributed by atoms with Crippen LogP contribution in [0.5, 0.6) is 0 Å². The van der Waals surface area contributed by atoms with Crippen molar-refractivity contribution in [1.29, 1.82) is 0 Å². The molecule has 4 rings (SSSR count). The molecule has 0 aromatic heterocycles. The Balaban J connectivity index is 1.75. The van der Waals surface area contributed by atoms with Crippen LogP contribution in [-0.2, 0) is 23.9 Å². The Hall–Kier alpha value is -2.69. The number of alkyl halides is 1. The smallest absolute Gasteiger partial charge is 0.312 e. The third kappa shape index (κ3) is 6.47. The number of aliphatic hydroxyl groups is 1. The van der Waals surface area contributed by atoms with Crippen molar-refractivity contribution in [3.8, 4) is 0 Å². The molecule has 2 amide bonds. The summed E-state index contributed by atoms with van der Waals surface area (Å²) in [5.41, 5.74) is 0.473. The van der Waals surface area contributed by atoms with Gasteiger partial charge in [0.15, 0.2) is 0 Å². The molecule has 8 atom stereocenters. The van der Waals surface area contributed by atoms with Crippen molar-refractivity contribution in [3.63, 3.8) is 0 Å². The van der Waals surface area contributed by atoms with Gasteiger partial charge in [-0.1, -0.05) is 48.4 Å². The van der Waals surface area contributed by atoms with Gasteiger partial charge in [-0.25, -0.2) is 0 Å². The fraction of sp³-hybridized carbons (Fsp3) is 0.629. The number of carbonyl (C=O) groups excluding carboxylic acids is 3. The third-order valence-electron chi connectivity index (χ3n) is 9.99. The zero-order chi connectivity index (χ0) is 32.9. The van der Waals surface area contributed by atoms with Crippen LogP contribution in [0.25, 0.3) is 0 Å². The van der Waals surface area contributed by atoms with E-state index in [9.17, 15) is 19.5 Å². The highest BCUT2D eigenvalue weighted by Gasteiger charge is 2.77. The zero-order valence-electron chi connectivity index (χ0n) is 27.2. The van der Waals surface area contributed by atoms with Gasteiger partial charge in [0.25, 0.3) is 5.91 Å². The van der Waals surface area contributed by atoms with Gasteiger partial charge in [0, 0.05) is 35.8 Å². The van der Waals surface area contributed by atoms with Crippen molar-refractivity contribution in [2.75, 3.05) is 42.6 Å². The van der Waals surface area contributed by atoms with Gasteiger partial charge in [-0.15, -0.1) is 13.2 Å². The second-order valence-corrected chi connectivity index (χ2v) is 13.6. The number of unbranched alkanes of at least 4 members (excludes halogenated alkanes) is 2. The van der Waals surface area contributed by atoms with E-state index in [1.165, 1.54) is 0 Å². The molecule has 0 aliphatic carbocycles. The van der Waals surface area contributed by atoms with E-state index in [0.717, 1.165) is 31.6 Å². The average molecular weight is 689 g/mol. The number of amides is 2. The molecule has 9 nitrogen and oxygen atoms in total. The standard InChI is InChI=1S/C35H50BrN3O6/c1-7-12-13-14-20-44-34(43)28-29-32(41)39(27(22-40)23(6)9-3)31(35(29)21-26(36)30(28)45-35)33(42)38(19-8-2)25-17-15-24(16-18-25)37(10-4)11-5/h7-8,15-18,23,26-31,40H,1-2,9-14,19-22H2,3-6H3/t23-,26?,27-,28-,29-,30-,31?,35?/m0/s1. The topological polar surface area (TPSA) is 99.6 Å². The summed E-state index contributed by atoms with van der Waals surface area (Å²) in [5.74, 6) is -2.97. The number of rotatable bonds is 17. The van der Waals surface area contributed by atoms with E-state index in [1.807, 2.05) is 44.2 Å². The van der Waals surface area contributed by atoms with Crippen LogP contribution < -0.4 is 9.80 Å². The van der Waals surface area contributed by atoms with Crippen LogP contribution in [0.3, 0.4) is 0 Å². The van der Waals surface area contributed by atoms with E-state index in [1.54, 1.807) is 15.9 Å². The molecule has 3 saturated heterocycles. The third-order valence-corrected chi connectivity index (χ3v) is 10.8. The quantitative estimate of drug-likeness (QED) is 0.105. The fourth-order valence-electron chi connectivity index (χ4n) is 7.48. The van der Waals surface area contributed by atoms with Crippen molar-refractivity contribution in [2.45, 2.75) is 88.4 Å². The Morgan fingerprint density at radius 1 is 1.16 bits per heavy atom. The molecule has 248 valence electrons. The number of hydrogen-bond donors (Lipinski definition) is 1. The monoisotopic (exact) mass is 687 g/mol. The number of allylic oxidation sites excluding steroid dienone is 1. The van der Waals surface area contributed by atoms with Gasteiger partial charge in [0.2, 0.25) is 5.91 Å². The van der Waals surface area contributed by atoms with Crippen LogP contribution in [0.2, 0.25) is 0 Å². The molecule has 1 spiro atoms. The Morgan fingerprint density at radius 3 is 2.40 bits per heavy atom. The number of anilines is 2. The predicted octanol–water partition coefficient (Wildman–Crippen LogP) is 5.11. The maximum absolute atomic E-state index is 14.9. The lowest BCUT2D eigenvalue weighted by molar-refractivity contribution is -0.156. The Bertz CT molecular complexity index is 1220. The summed E-state index contributed by atoms with van der Waals surface area (Å²) < 4.78 is 12.4. The lowest BCUT2D eigenvalue weighted by atomic mass is 9.70. The van der Waals surface area contributed by atoms with Crippen LogP contribution in [0.15, 0.2) is 49.6 Å². The van der Waals surface area contributed by atoms with Gasteiger partial charge in [-0.05, 0) is 69.7 Å². The number of aliphatic hydroxyl groups excluding tert-OH is 1. The number of carbonyl (C=O) groups is 3. The molecule has 1 aromatic rings. The summed E-state index contributed by atoms with van der Waals surface area (Å²) >= 11 is 3.73. The summed E-state index contributed by atoms with van der Waals surface area (Å²) in [6.45, 7) is 17.7. The lowest BCUT2D eigenvalue weighted by Gasteiger charge is -2.41. The van der Waals surface area contributed by atoms with Crippen LogP contribution in [0.4, 0.5) is 11.4 Å². The van der Waals surface area contributed by atoms with Crippen LogP contribution in [-0.4, -0.2) is 89.3 Å². The van der Waals surface area contributed by atoms with Crippen molar-refractivity contribution in [1.82, 2.24) is 4.90 Å². The minimum atomic E-state index is -1.25. The molecule has 1 N–H and O–H groups in total. The molecule has 3 heterocycles. The van der Waals surface area contributed by atoms with E-state index < -0.39 is 41.6 Å². The number of benzene rings is 1. The van der Waals surface area contributed by atoms with Crippen molar-refractivity contribution >= 4 is 45.1 Å². The summed E-state index contributed by atoms with van der Waals surface area (Å²) in [6.07, 6.45) is 6.33. The van der Waals surface area contributed by atoms with Gasteiger partial charge >= 0.3 is 5.97 Å². The average Bonchev–Trinajstić information content (AvgIpc) is 3.64. The van der Waals surface area contributed by atoms with Crippen LogP contribution >= 0.6 is 15.9 Å². The first-order valence-corrected chi connectivity index (χ1v) is 17.4. The zero-order valence-corrected chi connectivity index (χ0v) is 28.8. The molecule has 10 heteroatoms. The maximum atomic E-state index is 14.9. The van der Waals surface area contributed by atoms with E-state index in [-0.39, 0.29) is 42.3 Å². The van der Waals surface area contributed by atoms with Gasteiger partial charge in [-0.2, -0.15) is 0 Å². The first kappa shape index (κ1) is 35.2. The highest BCUT2D eigenvalue weighted by atomic mass is 79.9. The number of ether oxygens (including phenoxy) is 2. The predicted molar refractivity (Wildman–Crippen MR) is 180 cm³/mol. The molecule has 0 radical (unpaired) electrons. The molecule has 2 bridgehead atoms. The Morgan fingerprint density at radius 2 is 1.82 bits per heavy atom. The molecule has 0 saturated carbocycles. The minimum absolute atomic E-state index is 0.0992. The summed E-state index contributed by atoms with van der Waals surface area (Å²) in [7, 11) is 0. The first-order valence-electron chi connectivity index (χ1n) is 16.4. The van der Waals surface area contributed by atoms with Crippen molar-refractivity contribution in [2.24, 2.45) is 17.8 Å². The Kier molecular flexibility index (Phi) is 11.9. The van der Waals surface area contributed by atoms with Crippen LogP contribution in [0.1, 0.15) is 59.8 Å². The highest BCUT2D eigenvalue weighted by Crippen LogP contribution is 2.61.